The molecule has 8 heteroatoms. The first kappa shape index (κ1) is 20.9. The number of fused-ring (bicyclic) bond motifs is 2. The van der Waals surface area contributed by atoms with Crippen LogP contribution >= 0.6 is 11.6 Å². The summed E-state index contributed by atoms with van der Waals surface area (Å²) in [6.45, 7) is 0.800. The first-order valence-corrected chi connectivity index (χ1v) is 11.6. The number of aromatic nitrogens is 5. The van der Waals surface area contributed by atoms with E-state index in [1.54, 1.807) is 25.4 Å². The fraction of sp³-hybridized carbons (Fsp3) is 0.192. The highest BCUT2D eigenvalue weighted by Crippen LogP contribution is 2.40. The highest BCUT2D eigenvalue weighted by molar-refractivity contribution is 6.31. The van der Waals surface area contributed by atoms with Crippen molar-refractivity contribution >= 4 is 28.5 Å². The maximum absolute atomic E-state index is 13.6. The van der Waals surface area contributed by atoms with Gasteiger partial charge in [-0.1, -0.05) is 11.6 Å². The van der Waals surface area contributed by atoms with Crippen LogP contribution < -0.4 is 5.32 Å². The van der Waals surface area contributed by atoms with Crippen LogP contribution in [0.3, 0.4) is 0 Å². The fourth-order valence-electron chi connectivity index (χ4n) is 4.87. The number of imidazole rings is 1. The second-order valence-corrected chi connectivity index (χ2v) is 8.92. The second-order valence-electron chi connectivity index (χ2n) is 8.48. The molecule has 0 amide bonds. The molecule has 1 N–H and O–H groups in total. The van der Waals surface area contributed by atoms with Crippen LogP contribution in [0.25, 0.3) is 33.5 Å². The molecular formula is C26H22ClFN6. The zero-order chi connectivity index (χ0) is 23.2. The Morgan fingerprint density at radius 1 is 1.09 bits per heavy atom. The van der Waals surface area contributed by atoms with Gasteiger partial charge in [0.2, 0.25) is 5.95 Å². The summed E-state index contributed by atoms with van der Waals surface area (Å²) in [5.74, 6) is 1.29. The molecule has 6 nitrogen and oxygen atoms in total. The molecule has 0 spiro atoms. The number of hydrogen-bond acceptors (Lipinski definition) is 4. The molecule has 1 atom stereocenters. The topological polar surface area (TPSA) is 60.6 Å². The van der Waals surface area contributed by atoms with Crippen molar-refractivity contribution in [2.75, 3.05) is 12.4 Å². The Balaban J connectivity index is 1.48. The SMILES string of the molecule is CNc1nccc(-c2c(-c3ccc(F)cc3)nc3n2[C@H](Cn2ccc4cc(Cl)ccc42)CC3)n1. The molecule has 3 aromatic heterocycles. The van der Waals surface area contributed by atoms with Gasteiger partial charge in [-0.05, 0) is 61.0 Å². The first-order valence-electron chi connectivity index (χ1n) is 11.2. The van der Waals surface area contributed by atoms with Gasteiger partial charge in [-0.3, -0.25) is 0 Å². The molecule has 1 aliphatic rings. The van der Waals surface area contributed by atoms with E-state index in [1.165, 1.54) is 12.1 Å². The van der Waals surface area contributed by atoms with Crippen LogP contribution in [0.5, 0.6) is 0 Å². The lowest BCUT2D eigenvalue weighted by Crippen LogP contribution is -2.13. The zero-order valence-electron chi connectivity index (χ0n) is 18.5. The number of hydrogen-bond donors (Lipinski definition) is 1. The monoisotopic (exact) mass is 472 g/mol. The number of halogens is 2. The Morgan fingerprint density at radius 2 is 1.94 bits per heavy atom. The van der Waals surface area contributed by atoms with Crippen molar-refractivity contribution in [1.29, 1.82) is 0 Å². The molecule has 0 saturated carbocycles. The van der Waals surface area contributed by atoms with Crippen LogP contribution in [0, 0.1) is 5.82 Å². The first-order chi connectivity index (χ1) is 16.6. The van der Waals surface area contributed by atoms with Gasteiger partial charge in [0.05, 0.1) is 23.1 Å². The molecule has 1 aliphatic heterocycles. The van der Waals surface area contributed by atoms with Crippen LogP contribution in [0.2, 0.25) is 5.02 Å². The average molecular weight is 473 g/mol. The van der Waals surface area contributed by atoms with Crippen molar-refractivity contribution in [3.05, 3.63) is 83.7 Å². The van der Waals surface area contributed by atoms with Gasteiger partial charge in [0.15, 0.2) is 0 Å². The second kappa shape index (κ2) is 8.25. The van der Waals surface area contributed by atoms with Gasteiger partial charge in [-0.25, -0.2) is 19.3 Å². The Bertz CT molecular complexity index is 1500. The summed E-state index contributed by atoms with van der Waals surface area (Å²) < 4.78 is 18.2. The van der Waals surface area contributed by atoms with Crippen molar-refractivity contribution in [1.82, 2.24) is 24.1 Å². The van der Waals surface area contributed by atoms with Crippen LogP contribution in [-0.2, 0) is 13.0 Å². The van der Waals surface area contributed by atoms with Crippen LogP contribution in [0.1, 0.15) is 18.3 Å². The quantitative estimate of drug-likeness (QED) is 0.341. The number of aryl methyl sites for hydroxylation is 1. The molecule has 170 valence electrons. The molecule has 0 bridgehead atoms. The molecule has 6 rings (SSSR count). The van der Waals surface area contributed by atoms with Gasteiger partial charge in [-0.2, -0.15) is 0 Å². The Morgan fingerprint density at radius 3 is 2.76 bits per heavy atom. The average Bonchev–Trinajstić information content (AvgIpc) is 3.54. The van der Waals surface area contributed by atoms with Crippen molar-refractivity contribution in [2.24, 2.45) is 0 Å². The largest absolute Gasteiger partial charge is 0.357 e. The van der Waals surface area contributed by atoms with E-state index in [0.717, 1.165) is 63.8 Å². The van der Waals surface area contributed by atoms with E-state index in [9.17, 15) is 4.39 Å². The summed E-state index contributed by atoms with van der Waals surface area (Å²) in [7, 11) is 1.80. The third-order valence-corrected chi connectivity index (χ3v) is 6.67. The molecular weight excluding hydrogens is 451 g/mol. The Kier molecular flexibility index (Phi) is 5.07. The summed E-state index contributed by atoms with van der Waals surface area (Å²) >= 11 is 6.19. The summed E-state index contributed by atoms with van der Waals surface area (Å²) in [5.41, 5.74) is 4.54. The van der Waals surface area contributed by atoms with E-state index >= 15 is 0 Å². The smallest absolute Gasteiger partial charge is 0.222 e. The molecule has 5 aromatic rings. The van der Waals surface area contributed by atoms with E-state index in [2.05, 4.69) is 37.8 Å². The minimum atomic E-state index is -0.269. The fourth-order valence-corrected chi connectivity index (χ4v) is 5.05. The maximum atomic E-state index is 13.6. The lowest BCUT2D eigenvalue weighted by atomic mass is 10.1. The van der Waals surface area contributed by atoms with E-state index in [0.29, 0.717) is 5.95 Å². The molecule has 34 heavy (non-hydrogen) atoms. The van der Waals surface area contributed by atoms with Crippen molar-refractivity contribution in [2.45, 2.75) is 25.4 Å². The van der Waals surface area contributed by atoms with E-state index in [4.69, 9.17) is 21.6 Å². The number of nitrogens with zero attached hydrogens (tertiary/aromatic N) is 5. The Labute approximate surface area is 201 Å². The van der Waals surface area contributed by atoms with Crippen molar-refractivity contribution in [3.63, 3.8) is 0 Å². The number of benzene rings is 2. The zero-order valence-corrected chi connectivity index (χ0v) is 19.3. The molecule has 0 radical (unpaired) electrons. The minimum Gasteiger partial charge on any atom is -0.357 e. The molecule has 4 heterocycles. The van der Waals surface area contributed by atoms with Crippen molar-refractivity contribution in [3.8, 4) is 22.6 Å². The third-order valence-electron chi connectivity index (χ3n) is 6.43. The Hall–Kier alpha value is -3.71. The van der Waals surface area contributed by atoms with Crippen molar-refractivity contribution < 1.29 is 4.39 Å². The molecule has 0 unspecified atom stereocenters. The standard InChI is InChI=1S/C26H22ClFN6/c1-29-26-30-12-10-21(31-26)25-24(16-2-5-19(28)6-3-16)32-23-9-7-20(34(23)25)15-33-13-11-17-14-18(27)4-8-22(17)33/h2-6,8,10-14,20H,7,9,15H2,1H3,(H,29,30,31)/t20-/m0/s1. The minimum absolute atomic E-state index is 0.200. The molecule has 0 fully saturated rings. The lowest BCUT2D eigenvalue weighted by Gasteiger charge is -2.19. The number of anilines is 1. The highest BCUT2D eigenvalue weighted by atomic mass is 35.5. The molecule has 0 saturated heterocycles. The normalized spacial score (nSPS) is 15.1. The predicted molar refractivity (Wildman–Crippen MR) is 132 cm³/mol. The number of rotatable bonds is 5. The third kappa shape index (κ3) is 3.53. The number of nitrogens with one attached hydrogen (secondary N) is 1. The van der Waals surface area contributed by atoms with Gasteiger partial charge in [0.25, 0.3) is 0 Å². The van der Waals surface area contributed by atoms with Gasteiger partial charge in [-0.15, -0.1) is 0 Å². The summed E-state index contributed by atoms with van der Waals surface area (Å²) in [5, 5.41) is 4.88. The summed E-state index contributed by atoms with van der Waals surface area (Å²) in [6.07, 6.45) is 5.71. The summed E-state index contributed by atoms with van der Waals surface area (Å²) in [4.78, 5) is 14.0. The maximum Gasteiger partial charge on any atom is 0.222 e. The van der Waals surface area contributed by atoms with E-state index in [-0.39, 0.29) is 11.9 Å². The predicted octanol–water partition coefficient (Wildman–Crippen LogP) is 5.98. The van der Waals surface area contributed by atoms with Gasteiger partial charge in [0.1, 0.15) is 11.6 Å². The molecule has 0 aliphatic carbocycles. The van der Waals surface area contributed by atoms with E-state index < -0.39 is 0 Å². The van der Waals surface area contributed by atoms with E-state index in [1.807, 2.05) is 18.2 Å². The van der Waals surface area contributed by atoms with Gasteiger partial charge < -0.3 is 14.5 Å². The van der Waals surface area contributed by atoms with Crippen LogP contribution in [-0.4, -0.2) is 31.1 Å². The molecule has 2 aromatic carbocycles. The summed E-state index contributed by atoms with van der Waals surface area (Å²) in [6, 6.07) is 16.7. The van der Waals surface area contributed by atoms with Crippen LogP contribution in [0.15, 0.2) is 67.0 Å². The van der Waals surface area contributed by atoms with Crippen LogP contribution in [0.4, 0.5) is 10.3 Å². The lowest BCUT2D eigenvalue weighted by molar-refractivity contribution is 0.459. The van der Waals surface area contributed by atoms with Gasteiger partial charge in [0, 0.05) is 53.9 Å². The van der Waals surface area contributed by atoms with Gasteiger partial charge >= 0.3 is 0 Å². The highest BCUT2D eigenvalue weighted by Gasteiger charge is 2.31.